The van der Waals surface area contributed by atoms with Gasteiger partial charge in [0.25, 0.3) is 5.91 Å². The number of nitrogens with one attached hydrogen (secondary N) is 1. The number of alkyl halides is 3. The van der Waals surface area contributed by atoms with E-state index in [-0.39, 0.29) is 17.9 Å². The van der Waals surface area contributed by atoms with E-state index in [1.807, 2.05) is 31.2 Å². The van der Waals surface area contributed by atoms with E-state index in [9.17, 15) is 22.8 Å². The van der Waals surface area contributed by atoms with Crippen LogP contribution in [0.1, 0.15) is 23.4 Å². The lowest BCUT2D eigenvalue weighted by Crippen LogP contribution is -2.22. The third-order valence-electron chi connectivity index (χ3n) is 4.36. The van der Waals surface area contributed by atoms with Gasteiger partial charge < -0.3 is 14.5 Å². The maximum Gasteiger partial charge on any atom is 0.418 e. The number of halogens is 4. The number of anilines is 1. The SMILES string of the molecule is Cc1ccc(-c2cnc(CCC(=O)OCC(=O)Nc3ccc(Cl)cc3C(F)(F)F)o2)cc1. The predicted molar refractivity (Wildman–Crippen MR) is 111 cm³/mol. The highest BCUT2D eigenvalue weighted by atomic mass is 35.5. The van der Waals surface area contributed by atoms with Crippen LogP contribution in [0.25, 0.3) is 11.3 Å². The average Bonchev–Trinajstić information content (AvgIpc) is 3.21. The molecule has 0 saturated heterocycles. The van der Waals surface area contributed by atoms with Crippen LogP contribution in [0.15, 0.2) is 53.1 Å². The molecular weight excluding hydrogens is 449 g/mol. The molecule has 0 bridgehead atoms. The van der Waals surface area contributed by atoms with E-state index in [0.717, 1.165) is 17.2 Å². The van der Waals surface area contributed by atoms with Crippen molar-refractivity contribution < 1.29 is 31.9 Å². The Morgan fingerprint density at radius 3 is 2.56 bits per heavy atom. The van der Waals surface area contributed by atoms with Gasteiger partial charge in [-0.1, -0.05) is 41.4 Å². The van der Waals surface area contributed by atoms with Crippen LogP contribution in [0.3, 0.4) is 0 Å². The summed E-state index contributed by atoms with van der Waals surface area (Å²) in [4.78, 5) is 27.9. The predicted octanol–water partition coefficient (Wildman–Crippen LogP) is 5.44. The van der Waals surface area contributed by atoms with E-state index in [4.69, 9.17) is 20.8 Å². The second kappa shape index (κ2) is 9.86. The lowest BCUT2D eigenvalue weighted by molar-refractivity contribution is -0.147. The summed E-state index contributed by atoms with van der Waals surface area (Å²) >= 11 is 5.60. The molecule has 3 aromatic rings. The number of aryl methyl sites for hydroxylation is 2. The van der Waals surface area contributed by atoms with Crippen LogP contribution in [-0.4, -0.2) is 23.5 Å². The summed E-state index contributed by atoms with van der Waals surface area (Å²) < 4.78 is 49.6. The number of hydrogen-bond acceptors (Lipinski definition) is 5. The molecule has 6 nitrogen and oxygen atoms in total. The molecule has 10 heteroatoms. The summed E-state index contributed by atoms with van der Waals surface area (Å²) in [5.74, 6) is -0.763. The van der Waals surface area contributed by atoms with Crippen molar-refractivity contribution in [1.29, 1.82) is 0 Å². The summed E-state index contributed by atoms with van der Waals surface area (Å²) in [7, 11) is 0. The molecule has 168 valence electrons. The maximum atomic E-state index is 13.1. The van der Waals surface area contributed by atoms with Gasteiger partial charge in [-0.2, -0.15) is 13.2 Å². The molecule has 3 rings (SSSR count). The van der Waals surface area contributed by atoms with E-state index in [1.165, 1.54) is 6.07 Å². The van der Waals surface area contributed by atoms with Crippen molar-refractivity contribution in [3.8, 4) is 11.3 Å². The quantitative estimate of drug-likeness (QED) is 0.469. The van der Waals surface area contributed by atoms with E-state index in [1.54, 1.807) is 6.20 Å². The Morgan fingerprint density at radius 2 is 1.88 bits per heavy atom. The largest absolute Gasteiger partial charge is 0.456 e. The molecule has 2 aromatic carbocycles. The fraction of sp³-hybridized carbons (Fsp3) is 0.227. The molecule has 1 amide bonds. The van der Waals surface area contributed by atoms with Crippen LogP contribution in [-0.2, 0) is 26.9 Å². The summed E-state index contributed by atoms with van der Waals surface area (Å²) in [6.07, 6.45) is -3.14. The fourth-order valence-electron chi connectivity index (χ4n) is 2.75. The van der Waals surface area contributed by atoms with Gasteiger partial charge in [0, 0.05) is 17.0 Å². The van der Waals surface area contributed by atoms with Crippen LogP contribution < -0.4 is 5.32 Å². The Labute approximate surface area is 186 Å². The number of benzene rings is 2. The summed E-state index contributed by atoms with van der Waals surface area (Å²) in [6, 6.07) is 10.6. The number of carbonyl (C=O) groups excluding carboxylic acids is 2. The minimum atomic E-state index is -4.71. The highest BCUT2D eigenvalue weighted by Gasteiger charge is 2.34. The smallest absolute Gasteiger partial charge is 0.418 e. The first-order valence-electron chi connectivity index (χ1n) is 9.46. The van der Waals surface area contributed by atoms with Gasteiger partial charge in [0.2, 0.25) is 0 Å². The van der Waals surface area contributed by atoms with Gasteiger partial charge in [0.15, 0.2) is 18.3 Å². The number of aromatic nitrogens is 1. The molecule has 0 aliphatic carbocycles. The Morgan fingerprint density at radius 1 is 1.16 bits per heavy atom. The molecule has 0 atom stereocenters. The van der Waals surface area contributed by atoms with E-state index in [2.05, 4.69) is 10.3 Å². The van der Waals surface area contributed by atoms with Crippen molar-refractivity contribution in [1.82, 2.24) is 4.98 Å². The molecule has 0 fully saturated rings. The van der Waals surface area contributed by atoms with Gasteiger partial charge in [-0.05, 0) is 25.1 Å². The van der Waals surface area contributed by atoms with Crippen molar-refractivity contribution in [3.63, 3.8) is 0 Å². The van der Waals surface area contributed by atoms with Crippen LogP contribution in [0.2, 0.25) is 5.02 Å². The number of rotatable bonds is 7. The number of nitrogens with zero attached hydrogens (tertiary/aromatic N) is 1. The molecule has 0 aliphatic rings. The zero-order valence-corrected chi connectivity index (χ0v) is 17.6. The second-order valence-electron chi connectivity index (χ2n) is 6.88. The molecule has 1 N–H and O–H groups in total. The number of amides is 1. The molecule has 0 spiro atoms. The highest BCUT2D eigenvalue weighted by Crippen LogP contribution is 2.36. The standard InChI is InChI=1S/C22H18ClF3N2O4/c1-13-2-4-14(5-3-13)18-11-27-20(32-18)8-9-21(30)31-12-19(29)28-17-7-6-15(23)10-16(17)22(24,25)26/h2-7,10-11H,8-9,12H2,1H3,(H,28,29). The molecule has 1 heterocycles. The van der Waals surface area contributed by atoms with E-state index >= 15 is 0 Å². The van der Waals surface area contributed by atoms with Crippen LogP contribution in [0, 0.1) is 6.92 Å². The third-order valence-corrected chi connectivity index (χ3v) is 4.59. The first-order valence-corrected chi connectivity index (χ1v) is 9.83. The van der Waals surface area contributed by atoms with Crippen LogP contribution >= 0.6 is 11.6 Å². The monoisotopic (exact) mass is 466 g/mol. The van der Waals surface area contributed by atoms with Gasteiger partial charge in [0.05, 0.1) is 23.9 Å². The summed E-state index contributed by atoms with van der Waals surface area (Å²) in [5.41, 5.74) is 0.365. The minimum Gasteiger partial charge on any atom is -0.456 e. The van der Waals surface area contributed by atoms with Gasteiger partial charge >= 0.3 is 12.1 Å². The van der Waals surface area contributed by atoms with Crippen molar-refractivity contribution in [2.45, 2.75) is 25.9 Å². The molecule has 0 saturated carbocycles. The van der Waals surface area contributed by atoms with E-state index < -0.39 is 35.9 Å². The Balaban J connectivity index is 1.48. The molecule has 0 aliphatic heterocycles. The topological polar surface area (TPSA) is 81.4 Å². The van der Waals surface area contributed by atoms with Gasteiger partial charge in [-0.3, -0.25) is 9.59 Å². The molecular formula is C22H18ClF3N2O4. The molecule has 32 heavy (non-hydrogen) atoms. The highest BCUT2D eigenvalue weighted by molar-refractivity contribution is 6.30. The lowest BCUT2D eigenvalue weighted by atomic mass is 10.1. The zero-order valence-electron chi connectivity index (χ0n) is 16.8. The first-order chi connectivity index (χ1) is 15.1. The van der Waals surface area contributed by atoms with Gasteiger partial charge in [-0.25, -0.2) is 4.98 Å². The number of hydrogen-bond donors (Lipinski definition) is 1. The van der Waals surface area contributed by atoms with E-state index in [0.29, 0.717) is 17.7 Å². The number of esters is 1. The first kappa shape index (κ1) is 23.3. The summed E-state index contributed by atoms with van der Waals surface area (Å²) in [6.45, 7) is 1.23. The van der Waals surface area contributed by atoms with Crippen molar-refractivity contribution in [2.24, 2.45) is 0 Å². The average molecular weight is 467 g/mol. The van der Waals surface area contributed by atoms with Crippen molar-refractivity contribution in [2.75, 3.05) is 11.9 Å². The van der Waals surface area contributed by atoms with Gasteiger partial charge in [0.1, 0.15) is 0 Å². The molecule has 0 radical (unpaired) electrons. The Hall–Kier alpha value is -3.33. The maximum absolute atomic E-state index is 13.1. The Kier molecular flexibility index (Phi) is 7.19. The minimum absolute atomic E-state index is 0.115. The lowest BCUT2D eigenvalue weighted by Gasteiger charge is -2.14. The second-order valence-corrected chi connectivity index (χ2v) is 7.32. The van der Waals surface area contributed by atoms with Gasteiger partial charge in [-0.15, -0.1) is 0 Å². The summed E-state index contributed by atoms with van der Waals surface area (Å²) in [5, 5.41) is 1.95. The van der Waals surface area contributed by atoms with Crippen LogP contribution in [0.5, 0.6) is 0 Å². The van der Waals surface area contributed by atoms with Crippen molar-refractivity contribution >= 4 is 29.2 Å². The van der Waals surface area contributed by atoms with Crippen molar-refractivity contribution in [3.05, 3.63) is 70.7 Å². The van der Waals surface area contributed by atoms with Crippen LogP contribution in [0.4, 0.5) is 18.9 Å². The number of ether oxygens (including phenoxy) is 1. The zero-order chi connectivity index (χ0) is 23.3. The third kappa shape index (κ3) is 6.34. The fourth-order valence-corrected chi connectivity index (χ4v) is 2.92. The number of oxazole rings is 1. The Bertz CT molecular complexity index is 1110. The molecule has 1 aromatic heterocycles. The normalized spacial score (nSPS) is 11.3. The molecule has 0 unspecified atom stereocenters. The number of carbonyl (C=O) groups is 2.